The molecule has 3 heterocycles. The number of piperazine rings is 1. The van der Waals surface area contributed by atoms with Crippen molar-refractivity contribution in [2.45, 2.75) is 6.92 Å². The summed E-state index contributed by atoms with van der Waals surface area (Å²) in [6.45, 7) is 4.40. The summed E-state index contributed by atoms with van der Waals surface area (Å²) in [5.41, 5.74) is 8.30. The minimum absolute atomic E-state index is 0.0693. The van der Waals surface area contributed by atoms with Gasteiger partial charge in [-0.2, -0.15) is 5.10 Å². The lowest BCUT2D eigenvalue weighted by atomic mass is 9.95. The van der Waals surface area contributed by atoms with Crippen molar-refractivity contribution in [1.29, 1.82) is 0 Å². The number of carbonyl (C=O) groups excluding carboxylic acids is 1. The van der Waals surface area contributed by atoms with Crippen LogP contribution in [0.4, 0.5) is 10.2 Å². The summed E-state index contributed by atoms with van der Waals surface area (Å²) in [4.78, 5) is 24.7. The summed E-state index contributed by atoms with van der Waals surface area (Å²) in [5.74, 6) is 0.0315. The van der Waals surface area contributed by atoms with E-state index in [-0.39, 0.29) is 16.4 Å². The third kappa shape index (κ3) is 3.76. The molecule has 0 radical (unpaired) electrons. The van der Waals surface area contributed by atoms with Crippen molar-refractivity contribution in [3.63, 3.8) is 0 Å². The Morgan fingerprint density at radius 2 is 2.00 bits per heavy atom. The highest BCUT2D eigenvalue weighted by Crippen LogP contribution is 2.41. The van der Waals surface area contributed by atoms with Crippen LogP contribution < -0.4 is 10.6 Å². The Kier molecular flexibility index (Phi) is 5.89. The molecule has 2 aromatic heterocycles. The summed E-state index contributed by atoms with van der Waals surface area (Å²) < 4.78 is 16.0. The van der Waals surface area contributed by atoms with Crippen molar-refractivity contribution < 1.29 is 9.18 Å². The molecule has 0 aliphatic carbocycles. The van der Waals surface area contributed by atoms with Gasteiger partial charge in [0.15, 0.2) is 5.82 Å². The number of hydrogen-bond acceptors (Lipinski definition) is 6. The molecule has 4 aromatic rings. The van der Waals surface area contributed by atoms with E-state index < -0.39 is 5.82 Å². The molecule has 1 aliphatic heterocycles. The van der Waals surface area contributed by atoms with Gasteiger partial charge in [0.25, 0.3) is 0 Å². The fourth-order valence-corrected chi connectivity index (χ4v) is 4.76. The molecule has 1 aliphatic rings. The zero-order valence-corrected chi connectivity index (χ0v) is 19.3. The fraction of sp³-hybridized carbons (Fsp3) is 0.250. The molecule has 34 heavy (non-hydrogen) atoms. The lowest BCUT2D eigenvalue weighted by molar-refractivity contribution is -0.126. The minimum atomic E-state index is -0.497. The number of nitrogens with one attached hydrogen (secondary N) is 1. The molecule has 2 aromatic carbocycles. The van der Waals surface area contributed by atoms with E-state index in [1.807, 2.05) is 24.0 Å². The van der Waals surface area contributed by atoms with Crippen LogP contribution in [-0.4, -0.2) is 63.7 Å². The van der Waals surface area contributed by atoms with E-state index in [9.17, 15) is 4.79 Å². The molecule has 0 bridgehead atoms. The molecule has 1 fully saturated rings. The van der Waals surface area contributed by atoms with Crippen LogP contribution in [0.15, 0.2) is 42.9 Å². The number of nitrogens with zero attached hydrogens (tertiary/aromatic N) is 5. The first-order chi connectivity index (χ1) is 16.5. The van der Waals surface area contributed by atoms with E-state index >= 15 is 4.39 Å². The molecule has 5 rings (SSSR count). The molecule has 0 spiro atoms. The van der Waals surface area contributed by atoms with Crippen molar-refractivity contribution in [2.24, 2.45) is 5.73 Å². The Balaban J connectivity index is 1.54. The second kappa shape index (κ2) is 9.00. The maximum absolute atomic E-state index is 16.0. The van der Waals surface area contributed by atoms with E-state index in [1.54, 1.807) is 23.2 Å². The number of aryl methyl sites for hydroxylation is 1. The number of aromatic nitrogens is 4. The molecule has 174 valence electrons. The third-order valence-electron chi connectivity index (χ3n) is 6.17. The summed E-state index contributed by atoms with van der Waals surface area (Å²) >= 11 is 6.69. The summed E-state index contributed by atoms with van der Waals surface area (Å²) in [6.07, 6.45) is 6.17. The van der Waals surface area contributed by atoms with E-state index in [0.717, 1.165) is 16.5 Å². The minimum Gasteiger partial charge on any atom is -0.352 e. The molecular formula is C24H23ClFN7O. The van der Waals surface area contributed by atoms with Gasteiger partial charge in [-0.1, -0.05) is 23.7 Å². The first-order valence-corrected chi connectivity index (χ1v) is 11.3. The van der Waals surface area contributed by atoms with Gasteiger partial charge >= 0.3 is 0 Å². The Morgan fingerprint density at radius 1 is 1.21 bits per heavy atom. The quantitative estimate of drug-likeness (QED) is 0.434. The van der Waals surface area contributed by atoms with Crippen molar-refractivity contribution in [1.82, 2.24) is 25.1 Å². The normalized spacial score (nSPS) is 14.6. The average Bonchev–Trinajstić information content (AvgIpc) is 3.32. The molecular weight excluding hydrogens is 457 g/mol. The number of aromatic amines is 1. The van der Waals surface area contributed by atoms with Crippen molar-refractivity contribution in [2.75, 3.05) is 37.6 Å². The Hall–Kier alpha value is -3.56. The molecule has 8 nitrogen and oxygen atoms in total. The first kappa shape index (κ1) is 22.2. The SMILES string of the molecule is Cc1ccc2[nH]ncc2c1-c1c(Cl)cc2c(N3CCN(C(=O)C=CCN)CC3)ncnc2c1F. The van der Waals surface area contributed by atoms with Crippen LogP contribution in [0, 0.1) is 12.7 Å². The van der Waals surface area contributed by atoms with Gasteiger partial charge in [-0.15, -0.1) is 0 Å². The van der Waals surface area contributed by atoms with E-state index in [0.29, 0.717) is 55.1 Å². The number of nitrogens with two attached hydrogens (primary N) is 1. The number of carbonyl (C=O) groups is 1. The monoisotopic (exact) mass is 479 g/mol. The van der Waals surface area contributed by atoms with Crippen molar-refractivity contribution >= 4 is 45.1 Å². The number of amides is 1. The highest BCUT2D eigenvalue weighted by molar-refractivity contribution is 6.35. The Bertz CT molecular complexity index is 1430. The van der Waals surface area contributed by atoms with E-state index in [2.05, 4.69) is 20.2 Å². The standard InChI is InChI=1S/C24H23ClFN7O/c1-14-4-5-18-16(12-30-31-18)20(14)21-17(25)11-15-23(22(21)26)28-13-29-24(15)33-9-7-32(8-10-33)19(34)3-2-6-27/h2-5,11-13H,6-10,27H2,1H3,(H,30,31). The largest absolute Gasteiger partial charge is 0.352 e. The summed E-state index contributed by atoms with van der Waals surface area (Å²) in [6, 6.07) is 5.54. The number of halogens is 2. The molecule has 3 N–H and O–H groups in total. The lowest BCUT2D eigenvalue weighted by Gasteiger charge is -2.35. The maximum Gasteiger partial charge on any atom is 0.246 e. The van der Waals surface area contributed by atoms with Crippen LogP contribution in [0.2, 0.25) is 5.02 Å². The van der Waals surface area contributed by atoms with Gasteiger partial charge in [0.05, 0.1) is 16.7 Å². The lowest BCUT2D eigenvalue weighted by Crippen LogP contribution is -2.48. The molecule has 0 atom stereocenters. The van der Waals surface area contributed by atoms with Gasteiger partial charge in [0.1, 0.15) is 17.7 Å². The second-order valence-electron chi connectivity index (χ2n) is 8.18. The van der Waals surface area contributed by atoms with Gasteiger partial charge in [-0.3, -0.25) is 9.89 Å². The zero-order valence-electron chi connectivity index (χ0n) is 18.6. The van der Waals surface area contributed by atoms with E-state index in [1.165, 1.54) is 12.4 Å². The number of benzene rings is 2. The summed E-state index contributed by atoms with van der Waals surface area (Å²) in [5, 5.41) is 8.62. The van der Waals surface area contributed by atoms with Crippen LogP contribution >= 0.6 is 11.6 Å². The van der Waals surface area contributed by atoms with Crippen LogP contribution in [0.5, 0.6) is 0 Å². The van der Waals surface area contributed by atoms with Gasteiger partial charge in [0.2, 0.25) is 5.91 Å². The average molecular weight is 480 g/mol. The van der Waals surface area contributed by atoms with E-state index in [4.69, 9.17) is 17.3 Å². The Labute approximate surface area is 200 Å². The van der Waals surface area contributed by atoms with Gasteiger partial charge in [0, 0.05) is 60.7 Å². The Morgan fingerprint density at radius 3 is 2.76 bits per heavy atom. The number of hydrogen-bond donors (Lipinski definition) is 2. The highest BCUT2D eigenvalue weighted by atomic mass is 35.5. The van der Waals surface area contributed by atoms with Crippen LogP contribution in [0.3, 0.4) is 0 Å². The van der Waals surface area contributed by atoms with Crippen molar-refractivity contribution in [3.8, 4) is 11.1 Å². The second-order valence-corrected chi connectivity index (χ2v) is 8.59. The molecule has 0 unspecified atom stereocenters. The van der Waals surface area contributed by atoms with Crippen molar-refractivity contribution in [3.05, 3.63) is 59.3 Å². The van der Waals surface area contributed by atoms with Crippen LogP contribution in [0.1, 0.15) is 5.56 Å². The van der Waals surface area contributed by atoms with Gasteiger partial charge in [-0.05, 0) is 24.6 Å². The maximum atomic E-state index is 16.0. The number of fused-ring (bicyclic) bond motifs is 2. The molecule has 1 amide bonds. The first-order valence-electron chi connectivity index (χ1n) is 11.0. The van der Waals surface area contributed by atoms with Crippen LogP contribution in [0.25, 0.3) is 32.9 Å². The molecule has 1 saturated heterocycles. The topological polar surface area (TPSA) is 104 Å². The van der Waals surface area contributed by atoms with Gasteiger partial charge < -0.3 is 15.5 Å². The fourth-order valence-electron chi connectivity index (χ4n) is 4.47. The number of rotatable bonds is 4. The van der Waals surface area contributed by atoms with Crippen LogP contribution in [-0.2, 0) is 4.79 Å². The molecule has 10 heteroatoms. The zero-order chi connectivity index (χ0) is 23.8. The number of H-pyrrole nitrogens is 1. The molecule has 0 saturated carbocycles. The third-order valence-corrected chi connectivity index (χ3v) is 6.47. The predicted octanol–water partition coefficient (Wildman–Crippen LogP) is 3.44. The summed E-state index contributed by atoms with van der Waals surface area (Å²) in [7, 11) is 0. The predicted molar refractivity (Wildman–Crippen MR) is 131 cm³/mol. The van der Waals surface area contributed by atoms with Gasteiger partial charge in [-0.25, -0.2) is 14.4 Å². The smallest absolute Gasteiger partial charge is 0.246 e. The number of anilines is 1. The highest BCUT2D eigenvalue weighted by Gasteiger charge is 2.25.